The highest BCUT2D eigenvalue weighted by Crippen LogP contribution is 2.34. The van der Waals surface area contributed by atoms with E-state index in [1.165, 1.54) is 30.5 Å². The van der Waals surface area contributed by atoms with Gasteiger partial charge in [-0.05, 0) is 49.2 Å². The summed E-state index contributed by atoms with van der Waals surface area (Å²) in [6.07, 6.45) is -1.69. The van der Waals surface area contributed by atoms with Gasteiger partial charge >= 0.3 is 12.2 Å². The van der Waals surface area contributed by atoms with Crippen molar-refractivity contribution in [2.75, 3.05) is 21.3 Å². The van der Waals surface area contributed by atoms with Gasteiger partial charge in [0.1, 0.15) is 11.6 Å². The van der Waals surface area contributed by atoms with Crippen molar-refractivity contribution < 1.29 is 36.7 Å². The Balaban J connectivity index is 1.41. The molecule has 0 atom stereocenters. The molecule has 2 aromatic carbocycles. The van der Waals surface area contributed by atoms with Gasteiger partial charge in [-0.1, -0.05) is 0 Å². The number of carbonyl (C=O) groups excluding carboxylic acids is 3. The maximum absolute atomic E-state index is 14.6. The monoisotopic (exact) mass is 531 g/mol. The van der Waals surface area contributed by atoms with Gasteiger partial charge in [0.15, 0.2) is 11.6 Å². The Hall–Kier alpha value is -4.68. The van der Waals surface area contributed by atoms with Gasteiger partial charge in [0.2, 0.25) is 11.8 Å². The quantitative estimate of drug-likeness (QED) is 0.280. The molecule has 1 aliphatic rings. The second-order valence-electron chi connectivity index (χ2n) is 8.44. The van der Waals surface area contributed by atoms with Crippen molar-refractivity contribution in [1.29, 1.82) is 0 Å². The first-order valence-electron chi connectivity index (χ1n) is 11.3. The first-order valence-corrected chi connectivity index (χ1v) is 11.3. The lowest BCUT2D eigenvalue weighted by atomic mass is 10.1. The fraction of sp³-hybridized carbons (Fsp3) is 0.200. The van der Waals surface area contributed by atoms with Crippen LogP contribution in [0.4, 0.5) is 45.2 Å². The third kappa shape index (κ3) is 7.18. The van der Waals surface area contributed by atoms with Crippen LogP contribution in [-0.2, 0) is 15.8 Å². The van der Waals surface area contributed by atoms with Crippen LogP contribution in [0.2, 0.25) is 0 Å². The number of urea groups is 1. The van der Waals surface area contributed by atoms with E-state index in [1.54, 1.807) is 0 Å². The Morgan fingerprint density at radius 2 is 1.58 bits per heavy atom. The van der Waals surface area contributed by atoms with E-state index in [4.69, 9.17) is 4.74 Å². The van der Waals surface area contributed by atoms with Gasteiger partial charge < -0.3 is 26.0 Å². The topological polar surface area (TPSA) is 121 Å². The van der Waals surface area contributed by atoms with Crippen LogP contribution in [0.5, 0.6) is 11.5 Å². The molecule has 9 nitrogen and oxygen atoms in total. The molecule has 13 heteroatoms. The number of alkyl halides is 3. The molecule has 0 radical (unpaired) electrons. The average molecular weight is 531 g/mol. The minimum absolute atomic E-state index is 0.00600. The number of carbonyl (C=O) groups is 3. The van der Waals surface area contributed by atoms with E-state index in [-0.39, 0.29) is 46.2 Å². The van der Waals surface area contributed by atoms with E-state index in [0.29, 0.717) is 6.07 Å². The second kappa shape index (κ2) is 10.7. The fourth-order valence-corrected chi connectivity index (χ4v) is 3.34. The van der Waals surface area contributed by atoms with Crippen molar-refractivity contribution in [3.05, 3.63) is 66.1 Å². The Bertz CT molecular complexity index is 1390. The predicted molar refractivity (Wildman–Crippen MR) is 130 cm³/mol. The van der Waals surface area contributed by atoms with Gasteiger partial charge in [-0.25, -0.2) is 14.2 Å². The molecular weight excluding hydrogens is 510 g/mol. The van der Waals surface area contributed by atoms with Crippen LogP contribution in [0.15, 0.2) is 54.7 Å². The number of aromatic nitrogens is 1. The van der Waals surface area contributed by atoms with E-state index >= 15 is 0 Å². The van der Waals surface area contributed by atoms with E-state index in [2.05, 4.69) is 26.3 Å². The second-order valence-corrected chi connectivity index (χ2v) is 8.44. The van der Waals surface area contributed by atoms with Crippen molar-refractivity contribution in [2.45, 2.75) is 25.9 Å². The highest BCUT2D eigenvalue weighted by molar-refractivity contribution is 6.00. The number of hydrogen-bond acceptors (Lipinski definition) is 5. The Morgan fingerprint density at radius 3 is 2.21 bits per heavy atom. The lowest BCUT2D eigenvalue weighted by Crippen LogP contribution is -2.20. The molecule has 3 aromatic rings. The van der Waals surface area contributed by atoms with Crippen LogP contribution in [0.25, 0.3) is 0 Å². The van der Waals surface area contributed by atoms with Gasteiger partial charge in [-0.2, -0.15) is 13.2 Å². The largest absolute Gasteiger partial charge is 0.454 e. The van der Waals surface area contributed by atoms with E-state index in [9.17, 15) is 31.9 Å². The lowest BCUT2D eigenvalue weighted by molar-refractivity contribution is -0.137. The normalized spacial score (nSPS) is 12.9. The smallest absolute Gasteiger partial charge is 0.416 e. The molecule has 0 aliphatic heterocycles. The van der Waals surface area contributed by atoms with Crippen molar-refractivity contribution >= 4 is 40.7 Å². The van der Waals surface area contributed by atoms with Gasteiger partial charge in [0, 0.05) is 48.2 Å². The summed E-state index contributed by atoms with van der Waals surface area (Å²) in [6.45, 7) is 1.13. The lowest BCUT2D eigenvalue weighted by Gasteiger charge is -2.14. The number of hydrogen-bond donors (Lipinski definition) is 4. The summed E-state index contributed by atoms with van der Waals surface area (Å²) in [5, 5.41) is 9.44. The number of halogens is 4. The SMILES string of the molecule is CC(=O)Nc1cc(NC(=O)Nc2ccc(Oc3ccnc(NC(=O)C4CC4)c3)c(F)c2)cc(C(F)(F)F)c1. The van der Waals surface area contributed by atoms with Crippen LogP contribution >= 0.6 is 0 Å². The fourth-order valence-electron chi connectivity index (χ4n) is 3.34. The molecule has 0 spiro atoms. The zero-order valence-electron chi connectivity index (χ0n) is 19.8. The number of amides is 4. The van der Waals surface area contributed by atoms with Crippen molar-refractivity contribution in [1.82, 2.24) is 4.98 Å². The summed E-state index contributed by atoms with van der Waals surface area (Å²) in [4.78, 5) is 39.5. The molecule has 1 aliphatic carbocycles. The number of anilines is 4. The number of nitrogens with one attached hydrogen (secondary N) is 4. The standard InChI is InChI=1S/C25H21F4N5O4/c1-13(35)31-17-8-15(25(27,28)29)9-18(10-17)33-24(37)32-16-4-5-21(20(26)11-16)38-19-6-7-30-22(12-19)34-23(36)14-2-3-14/h4-12,14H,2-3H2,1H3,(H,31,35)(H,30,34,36)(H2,32,33,37). The van der Waals surface area contributed by atoms with Crippen LogP contribution in [0, 0.1) is 11.7 Å². The Kier molecular flexibility index (Phi) is 7.46. The van der Waals surface area contributed by atoms with E-state index < -0.39 is 29.5 Å². The van der Waals surface area contributed by atoms with E-state index in [1.807, 2.05) is 0 Å². The van der Waals surface area contributed by atoms with Gasteiger partial charge in [0.05, 0.1) is 5.56 Å². The van der Waals surface area contributed by atoms with Crippen molar-refractivity contribution in [3.8, 4) is 11.5 Å². The van der Waals surface area contributed by atoms with Crippen LogP contribution in [0.3, 0.4) is 0 Å². The maximum Gasteiger partial charge on any atom is 0.416 e. The number of rotatable bonds is 7. The molecule has 1 heterocycles. The molecule has 1 saturated carbocycles. The van der Waals surface area contributed by atoms with Crippen molar-refractivity contribution in [2.24, 2.45) is 5.92 Å². The maximum atomic E-state index is 14.6. The molecule has 4 rings (SSSR count). The summed E-state index contributed by atoms with van der Waals surface area (Å²) in [5.74, 6) is -1.32. The number of nitrogens with zero attached hydrogens (tertiary/aromatic N) is 1. The third-order valence-corrected chi connectivity index (χ3v) is 5.19. The first kappa shape index (κ1) is 26.4. The molecule has 38 heavy (non-hydrogen) atoms. The molecular formula is C25H21F4N5O4. The highest BCUT2D eigenvalue weighted by Gasteiger charge is 2.32. The molecule has 4 amide bonds. The summed E-state index contributed by atoms with van der Waals surface area (Å²) in [5.41, 5.74) is -1.50. The molecule has 1 aromatic heterocycles. The molecule has 1 fully saturated rings. The number of benzene rings is 2. The molecule has 0 unspecified atom stereocenters. The number of ether oxygens (including phenoxy) is 1. The van der Waals surface area contributed by atoms with Gasteiger partial charge in [0.25, 0.3) is 0 Å². The van der Waals surface area contributed by atoms with Crippen LogP contribution in [-0.4, -0.2) is 22.8 Å². The van der Waals surface area contributed by atoms with Crippen LogP contribution < -0.4 is 26.0 Å². The number of pyridine rings is 1. The minimum Gasteiger partial charge on any atom is -0.454 e. The summed E-state index contributed by atoms with van der Waals surface area (Å²) >= 11 is 0. The van der Waals surface area contributed by atoms with Crippen LogP contribution in [0.1, 0.15) is 25.3 Å². The minimum atomic E-state index is -4.72. The molecule has 198 valence electrons. The predicted octanol–water partition coefficient (Wildman–Crippen LogP) is 5.98. The van der Waals surface area contributed by atoms with Gasteiger partial charge in [-0.3, -0.25) is 9.59 Å². The first-order chi connectivity index (χ1) is 18.0. The summed E-state index contributed by atoms with van der Waals surface area (Å²) < 4.78 is 59.8. The third-order valence-electron chi connectivity index (χ3n) is 5.19. The Labute approximate surface area is 213 Å². The summed E-state index contributed by atoms with van der Waals surface area (Å²) in [7, 11) is 0. The van der Waals surface area contributed by atoms with E-state index in [0.717, 1.165) is 38.0 Å². The Morgan fingerprint density at radius 1 is 0.895 bits per heavy atom. The molecule has 0 bridgehead atoms. The zero-order valence-corrected chi connectivity index (χ0v) is 19.8. The summed E-state index contributed by atoms with van der Waals surface area (Å²) in [6, 6.07) is 8.04. The average Bonchev–Trinajstić information content (AvgIpc) is 3.66. The van der Waals surface area contributed by atoms with Crippen molar-refractivity contribution in [3.63, 3.8) is 0 Å². The van der Waals surface area contributed by atoms with Gasteiger partial charge in [-0.15, -0.1) is 0 Å². The highest BCUT2D eigenvalue weighted by atomic mass is 19.4. The molecule has 4 N–H and O–H groups in total. The molecule has 0 saturated heterocycles. The zero-order chi connectivity index (χ0) is 27.4.